The Kier molecular flexibility index (Phi) is 18.7. The molecule has 3 aliphatic heterocycles. The number of rotatable bonds is 10. The van der Waals surface area contributed by atoms with Crippen molar-refractivity contribution < 1.29 is 59.5 Å². The normalized spacial score (nSPS) is 35.7. The number of carbonyl (C=O) groups is 1. The number of nitrogens with one attached hydrogen (secondary N) is 2. The number of methoxy groups -OCH3 is 2. The van der Waals surface area contributed by atoms with Crippen LogP contribution >= 0.6 is 21.6 Å². The number of phenolic OH excluding ortho intramolecular Hbond substituents is 2. The van der Waals surface area contributed by atoms with Crippen molar-refractivity contribution in [2.75, 3.05) is 53.0 Å². The SMILES string of the molecule is COc1cc(C[C@H]2[C@H](O)C[C@@H](OCO)CCc3cc(O[C@H]4CC[C@@H]5CNC[C@@H]6C#C[C@]7(C[C@H](C)CC[C@H]7CC[C@@H](O)[C@H]7CNC(=O)[C@H]7C#CC6)[C@H]5C4)c(O)cc3[C@H](CCO)SSC[C@@H]2O)cc(OC)c1O. The van der Waals surface area contributed by atoms with E-state index in [-0.39, 0.29) is 94.5 Å². The molecule has 9 N–H and O–H groups in total. The van der Waals surface area contributed by atoms with Crippen molar-refractivity contribution in [2.45, 2.75) is 133 Å². The number of aliphatic hydroxyl groups excluding tert-OH is 5. The third kappa shape index (κ3) is 12.5. The van der Waals surface area contributed by atoms with Gasteiger partial charge >= 0.3 is 0 Å². The van der Waals surface area contributed by atoms with Crippen LogP contribution in [0.3, 0.4) is 0 Å². The second-order valence-corrected chi connectivity index (χ2v) is 23.8. The topological polar surface area (TPSA) is 220 Å². The Hall–Kier alpha value is -3.55. The van der Waals surface area contributed by atoms with Gasteiger partial charge in [-0.15, -0.1) is 5.92 Å². The lowest BCUT2D eigenvalue weighted by molar-refractivity contribution is -0.121. The van der Waals surface area contributed by atoms with Gasteiger partial charge in [0.1, 0.15) is 12.7 Å². The fourth-order valence-electron chi connectivity index (χ4n) is 12.9. The molecule has 3 aliphatic carbocycles. The van der Waals surface area contributed by atoms with Crippen molar-refractivity contribution in [1.29, 1.82) is 0 Å². The van der Waals surface area contributed by atoms with Crippen LogP contribution in [0.2, 0.25) is 0 Å². The Labute approximate surface area is 427 Å². The van der Waals surface area contributed by atoms with Gasteiger partial charge in [-0.25, -0.2) is 0 Å². The summed E-state index contributed by atoms with van der Waals surface area (Å²) >= 11 is 0. The molecule has 71 heavy (non-hydrogen) atoms. The summed E-state index contributed by atoms with van der Waals surface area (Å²) in [4.78, 5) is 12.9. The molecule has 0 radical (unpaired) electrons. The number of carbonyl (C=O) groups excluding carboxylic acids is 1. The molecule has 2 aromatic carbocycles. The van der Waals surface area contributed by atoms with Gasteiger partial charge in [-0.2, -0.15) is 0 Å². The molecule has 3 fully saturated rings. The molecule has 6 aliphatic rings. The summed E-state index contributed by atoms with van der Waals surface area (Å²) < 4.78 is 23.6. The van der Waals surface area contributed by atoms with Gasteiger partial charge in [0.2, 0.25) is 11.7 Å². The Morgan fingerprint density at radius 3 is 2.39 bits per heavy atom. The molecule has 2 bridgehead atoms. The van der Waals surface area contributed by atoms with Gasteiger partial charge in [0, 0.05) is 60.3 Å². The van der Waals surface area contributed by atoms with E-state index in [4.69, 9.17) is 18.9 Å². The molecule has 16 heteroatoms. The number of aromatic hydroxyl groups is 2. The molecule has 0 unspecified atom stereocenters. The lowest BCUT2D eigenvalue weighted by Gasteiger charge is -2.53. The first-order valence-electron chi connectivity index (χ1n) is 26.0. The molecule has 2 aromatic rings. The summed E-state index contributed by atoms with van der Waals surface area (Å²) in [5.74, 6) is 15.1. The van der Waals surface area contributed by atoms with E-state index >= 15 is 0 Å². The zero-order chi connectivity index (χ0) is 50.2. The highest BCUT2D eigenvalue weighted by atomic mass is 33.1. The monoisotopic (exact) mass is 1020 g/mol. The molecular weight excluding hydrogens is 945 g/mol. The van der Waals surface area contributed by atoms with Crippen LogP contribution in [0.25, 0.3) is 0 Å². The van der Waals surface area contributed by atoms with E-state index in [2.05, 4.69) is 41.2 Å². The number of aryl methyl sites for hydroxylation is 1. The van der Waals surface area contributed by atoms with E-state index in [9.17, 15) is 40.5 Å². The Morgan fingerprint density at radius 2 is 1.63 bits per heavy atom. The van der Waals surface area contributed by atoms with Crippen molar-refractivity contribution in [1.82, 2.24) is 10.6 Å². The molecule has 0 aromatic heterocycles. The first kappa shape index (κ1) is 53.7. The van der Waals surface area contributed by atoms with Crippen molar-refractivity contribution in [2.24, 2.45) is 52.8 Å². The van der Waals surface area contributed by atoms with Crippen LogP contribution in [0.4, 0.5) is 0 Å². The highest BCUT2D eigenvalue weighted by Crippen LogP contribution is 2.57. The van der Waals surface area contributed by atoms with Crippen LogP contribution in [0.1, 0.15) is 106 Å². The Bertz CT molecular complexity index is 2240. The number of aliphatic hydroxyl groups is 5. The van der Waals surface area contributed by atoms with Crippen LogP contribution in [-0.2, 0) is 22.4 Å². The van der Waals surface area contributed by atoms with E-state index in [1.807, 2.05) is 6.07 Å². The predicted octanol–water partition coefficient (Wildman–Crippen LogP) is 5.89. The van der Waals surface area contributed by atoms with Gasteiger partial charge in [-0.05, 0) is 148 Å². The predicted molar refractivity (Wildman–Crippen MR) is 274 cm³/mol. The van der Waals surface area contributed by atoms with Gasteiger partial charge in [0.05, 0.1) is 44.7 Å². The van der Waals surface area contributed by atoms with E-state index < -0.39 is 43.0 Å². The van der Waals surface area contributed by atoms with Crippen LogP contribution in [0, 0.1) is 76.4 Å². The molecule has 14 nitrogen and oxygen atoms in total. The number of ether oxygens (including phenoxy) is 4. The highest BCUT2D eigenvalue weighted by Gasteiger charge is 2.52. The Balaban J connectivity index is 1.07. The number of hydrogen-bond donors (Lipinski definition) is 9. The van der Waals surface area contributed by atoms with Gasteiger partial charge < -0.3 is 65.3 Å². The van der Waals surface area contributed by atoms with Gasteiger partial charge in [0.25, 0.3) is 0 Å². The number of fused-ring (bicyclic) bond motifs is 4. The molecule has 390 valence electrons. The first-order valence-corrected chi connectivity index (χ1v) is 28.3. The molecular formula is C55H76N2O12S2. The van der Waals surface area contributed by atoms with E-state index in [0.717, 1.165) is 69.2 Å². The molecule has 1 amide bonds. The van der Waals surface area contributed by atoms with Crippen LogP contribution in [0.5, 0.6) is 28.7 Å². The van der Waals surface area contributed by atoms with Gasteiger partial charge in [-0.3, -0.25) is 4.79 Å². The minimum absolute atomic E-state index is 0.00780. The zero-order valence-corrected chi connectivity index (χ0v) is 43.2. The third-order valence-electron chi connectivity index (χ3n) is 16.7. The molecule has 8 rings (SSSR count). The maximum Gasteiger partial charge on any atom is 0.235 e. The second-order valence-electron chi connectivity index (χ2n) is 21.2. The highest BCUT2D eigenvalue weighted by molar-refractivity contribution is 8.76. The zero-order valence-electron chi connectivity index (χ0n) is 41.5. The average molecular weight is 1020 g/mol. The van der Waals surface area contributed by atoms with Crippen LogP contribution in [-0.4, -0.2) is 125 Å². The lowest BCUT2D eigenvalue weighted by Crippen LogP contribution is -2.50. The molecule has 2 saturated carbocycles. The summed E-state index contributed by atoms with van der Waals surface area (Å²) in [6.07, 6.45) is 5.68. The molecule has 1 spiro atoms. The molecule has 3 heterocycles. The maximum absolute atomic E-state index is 12.9. The number of benzene rings is 2. The second kappa shape index (κ2) is 24.7. The van der Waals surface area contributed by atoms with E-state index in [1.54, 1.807) is 18.2 Å². The average Bonchev–Trinajstić information content (AvgIpc) is 3.75. The standard InChI is InChI=1S/C55H76N2O12S2/c1-32-7-10-37-11-14-45(60)43-29-57-54(65)40(43)6-4-5-33-15-17-55(37,26-32)44-23-39(13-9-36(44)28-56-27-33)69-49-22-35-8-12-38(68-31-59)24-46(61)42(19-34-20-50(66-2)53(64)51(21-34)67-3)48(63)30-70-71-52(16-18-58)41(35)25-47(49)62/h20-22,25,32-33,36-40,42-46,48,52,56,58-64H,5,7-14,16,18-19,23-24,26-31H2,1-3H3,(H,57,65)/t32-,33+,36-,37+,38+,39+,40+,42+,43+,44+,45-,46-,48+,52+,55-/m1/s1. The Morgan fingerprint density at radius 1 is 0.845 bits per heavy atom. The van der Waals surface area contributed by atoms with Crippen molar-refractivity contribution in [3.8, 4) is 52.4 Å². The number of hydrogen-bond acceptors (Lipinski definition) is 15. The summed E-state index contributed by atoms with van der Waals surface area (Å²) in [6.45, 7) is 3.69. The molecule has 15 atom stereocenters. The number of amides is 1. The first-order chi connectivity index (χ1) is 34.3. The maximum atomic E-state index is 12.9. The van der Waals surface area contributed by atoms with Crippen molar-refractivity contribution >= 4 is 27.5 Å². The summed E-state index contributed by atoms with van der Waals surface area (Å²) in [7, 11) is 5.83. The van der Waals surface area contributed by atoms with Crippen LogP contribution in [0.15, 0.2) is 24.3 Å². The lowest BCUT2D eigenvalue weighted by atomic mass is 9.51. The van der Waals surface area contributed by atoms with E-state index in [0.29, 0.717) is 61.8 Å². The summed E-state index contributed by atoms with van der Waals surface area (Å²) in [5, 5.41) is 84.7. The number of phenols is 2. The fourth-order valence-corrected chi connectivity index (χ4v) is 15.8. The summed E-state index contributed by atoms with van der Waals surface area (Å²) in [6, 6.07) is 7.02. The van der Waals surface area contributed by atoms with Crippen LogP contribution < -0.4 is 24.8 Å². The van der Waals surface area contributed by atoms with E-state index in [1.165, 1.54) is 35.8 Å². The van der Waals surface area contributed by atoms with Crippen molar-refractivity contribution in [3.05, 3.63) is 41.0 Å². The smallest absolute Gasteiger partial charge is 0.235 e. The largest absolute Gasteiger partial charge is 0.504 e. The third-order valence-corrected chi connectivity index (χ3v) is 19.5. The minimum atomic E-state index is -1.04. The van der Waals surface area contributed by atoms with Gasteiger partial charge in [-0.1, -0.05) is 52.7 Å². The quantitative estimate of drug-likeness (QED) is 0.0770. The van der Waals surface area contributed by atoms with Crippen molar-refractivity contribution in [3.63, 3.8) is 0 Å². The van der Waals surface area contributed by atoms with Gasteiger partial charge in [0.15, 0.2) is 23.0 Å². The summed E-state index contributed by atoms with van der Waals surface area (Å²) in [5.41, 5.74) is 2.12. The fraction of sp³-hybridized carbons (Fsp3) is 0.691. The minimum Gasteiger partial charge on any atom is -0.504 e. The molecule has 1 saturated heterocycles.